The van der Waals surface area contributed by atoms with Gasteiger partial charge in [-0.05, 0) is 31.0 Å². The molecule has 0 spiro atoms. The van der Waals surface area contributed by atoms with Crippen molar-refractivity contribution in [2.24, 2.45) is 0 Å². The van der Waals surface area contributed by atoms with Gasteiger partial charge in [-0.3, -0.25) is 0 Å². The summed E-state index contributed by atoms with van der Waals surface area (Å²) in [5.41, 5.74) is 3.43. The van der Waals surface area contributed by atoms with E-state index >= 15 is 0 Å². The van der Waals surface area contributed by atoms with Crippen LogP contribution in [0.3, 0.4) is 0 Å². The largest absolute Gasteiger partial charge is 0.342 e. The Morgan fingerprint density at radius 3 is 3.13 bits per heavy atom. The summed E-state index contributed by atoms with van der Waals surface area (Å²) in [7, 11) is 0. The summed E-state index contributed by atoms with van der Waals surface area (Å²) in [6.45, 7) is 2.87. The molecule has 0 aliphatic rings. The van der Waals surface area contributed by atoms with Gasteiger partial charge in [-0.15, -0.1) is 11.6 Å². The van der Waals surface area contributed by atoms with Crippen LogP contribution in [0.2, 0.25) is 0 Å². The summed E-state index contributed by atoms with van der Waals surface area (Å²) in [4.78, 5) is 7.59. The number of benzene rings is 1. The Balaban J connectivity index is 2.15. The third-order valence-corrected chi connectivity index (χ3v) is 2.54. The first kappa shape index (κ1) is 10.5. The van der Waals surface area contributed by atoms with Gasteiger partial charge in [-0.2, -0.15) is 0 Å². The van der Waals surface area contributed by atoms with Crippen LogP contribution in [0.5, 0.6) is 0 Å². The van der Waals surface area contributed by atoms with Crippen molar-refractivity contribution in [2.45, 2.75) is 13.3 Å². The fraction of sp³-hybridized carbons (Fsp3) is 0.364. The molecule has 2 aromatic rings. The molecule has 1 aromatic heterocycles. The van der Waals surface area contributed by atoms with Gasteiger partial charge >= 0.3 is 0 Å². The molecule has 1 heterocycles. The second-order valence-electron chi connectivity index (χ2n) is 3.56. The molecular weight excluding hydrogens is 210 g/mol. The molecular formula is C11H14ClN3. The first-order valence-electron chi connectivity index (χ1n) is 5.01. The first-order chi connectivity index (χ1) is 7.29. The highest BCUT2D eigenvalue weighted by molar-refractivity contribution is 6.17. The third-order valence-electron chi connectivity index (χ3n) is 2.35. The van der Waals surface area contributed by atoms with Crippen molar-refractivity contribution >= 4 is 22.6 Å². The van der Waals surface area contributed by atoms with Crippen molar-refractivity contribution in [3.05, 3.63) is 29.6 Å². The molecule has 80 valence electrons. The van der Waals surface area contributed by atoms with Crippen LogP contribution in [-0.4, -0.2) is 22.5 Å². The Kier molecular flexibility index (Phi) is 3.23. The van der Waals surface area contributed by atoms with Crippen molar-refractivity contribution in [3.8, 4) is 0 Å². The van der Waals surface area contributed by atoms with E-state index in [0.717, 1.165) is 29.8 Å². The number of aryl methyl sites for hydroxylation is 1. The van der Waals surface area contributed by atoms with Crippen molar-refractivity contribution < 1.29 is 0 Å². The number of alkyl halides is 1. The molecule has 0 saturated heterocycles. The average molecular weight is 224 g/mol. The summed E-state index contributed by atoms with van der Waals surface area (Å²) in [5, 5.41) is 3.09. The molecule has 3 nitrogen and oxygen atoms in total. The number of rotatable bonds is 4. The predicted molar refractivity (Wildman–Crippen MR) is 63.3 cm³/mol. The molecule has 0 radical (unpaired) electrons. The van der Waals surface area contributed by atoms with E-state index < -0.39 is 0 Å². The number of aromatic amines is 1. The molecule has 4 heteroatoms. The van der Waals surface area contributed by atoms with Gasteiger partial charge in [0.15, 0.2) is 0 Å². The van der Waals surface area contributed by atoms with Crippen LogP contribution in [0.15, 0.2) is 18.2 Å². The number of hydrogen-bond acceptors (Lipinski definition) is 2. The van der Waals surface area contributed by atoms with Gasteiger partial charge in [0.1, 0.15) is 5.82 Å². The summed E-state index contributed by atoms with van der Waals surface area (Å²) in [5.74, 6) is 0.959. The highest BCUT2D eigenvalue weighted by Gasteiger charge is 2.00. The second-order valence-corrected chi connectivity index (χ2v) is 3.82. The molecule has 1 aromatic carbocycles. The maximum absolute atomic E-state index is 5.54. The second kappa shape index (κ2) is 4.64. The summed E-state index contributed by atoms with van der Waals surface area (Å²) >= 11 is 5.54. The van der Waals surface area contributed by atoms with Gasteiger partial charge in [0.2, 0.25) is 0 Å². The zero-order chi connectivity index (χ0) is 10.7. The Hall–Kier alpha value is -1.06. The minimum atomic E-state index is 0.505. The van der Waals surface area contributed by atoms with Crippen LogP contribution in [0.1, 0.15) is 11.4 Å². The lowest BCUT2D eigenvalue weighted by Gasteiger charge is -2.01. The molecule has 2 N–H and O–H groups in total. The fourth-order valence-electron chi connectivity index (χ4n) is 1.64. The highest BCUT2D eigenvalue weighted by Crippen LogP contribution is 2.13. The van der Waals surface area contributed by atoms with Crippen molar-refractivity contribution in [3.63, 3.8) is 0 Å². The van der Waals surface area contributed by atoms with Crippen LogP contribution in [0.4, 0.5) is 0 Å². The van der Waals surface area contributed by atoms with E-state index in [1.54, 1.807) is 0 Å². The lowest BCUT2D eigenvalue weighted by molar-refractivity contribution is 0.771. The molecule has 2 rings (SSSR count). The number of H-pyrrole nitrogens is 1. The van der Waals surface area contributed by atoms with E-state index in [1.807, 2.05) is 6.92 Å². The van der Waals surface area contributed by atoms with E-state index in [0.29, 0.717) is 6.00 Å². The standard InChI is InChI=1S/C11H14ClN3/c1-8-14-10-3-2-9(4-5-13-7-12)6-11(10)15-8/h2-3,6,13H,4-5,7H2,1H3,(H,14,15). The van der Waals surface area contributed by atoms with Crippen molar-refractivity contribution in [1.82, 2.24) is 15.3 Å². The lowest BCUT2D eigenvalue weighted by Crippen LogP contribution is -2.14. The summed E-state index contributed by atoms with van der Waals surface area (Å²) in [6.07, 6.45) is 0.987. The minimum Gasteiger partial charge on any atom is -0.342 e. The number of halogens is 1. The third kappa shape index (κ3) is 2.49. The molecule has 0 unspecified atom stereocenters. The van der Waals surface area contributed by atoms with Gasteiger partial charge in [-0.25, -0.2) is 4.98 Å². The number of hydrogen-bond donors (Lipinski definition) is 2. The van der Waals surface area contributed by atoms with Crippen LogP contribution in [-0.2, 0) is 6.42 Å². The molecule has 0 bridgehead atoms. The number of nitrogens with one attached hydrogen (secondary N) is 2. The maximum Gasteiger partial charge on any atom is 0.104 e. The predicted octanol–water partition coefficient (Wildman–Crippen LogP) is 2.20. The van der Waals surface area contributed by atoms with E-state index in [9.17, 15) is 0 Å². The van der Waals surface area contributed by atoms with Crippen molar-refractivity contribution in [2.75, 3.05) is 12.5 Å². The minimum absolute atomic E-state index is 0.505. The van der Waals surface area contributed by atoms with E-state index in [4.69, 9.17) is 11.6 Å². The Morgan fingerprint density at radius 1 is 1.47 bits per heavy atom. The molecule has 0 amide bonds. The van der Waals surface area contributed by atoms with Gasteiger partial charge < -0.3 is 10.3 Å². The van der Waals surface area contributed by atoms with Crippen molar-refractivity contribution in [1.29, 1.82) is 0 Å². The van der Waals surface area contributed by atoms with E-state index in [1.165, 1.54) is 5.56 Å². The van der Waals surface area contributed by atoms with Crippen LogP contribution < -0.4 is 5.32 Å². The molecule has 0 aliphatic heterocycles. The SMILES string of the molecule is Cc1nc2ccc(CCNCCl)cc2[nH]1. The molecule has 0 atom stereocenters. The Labute approximate surface area is 93.9 Å². The van der Waals surface area contributed by atoms with E-state index in [2.05, 4.69) is 33.5 Å². The maximum atomic E-state index is 5.54. The van der Waals surface area contributed by atoms with Gasteiger partial charge in [-0.1, -0.05) is 6.07 Å². The first-order valence-corrected chi connectivity index (χ1v) is 5.55. The average Bonchev–Trinajstić information content (AvgIpc) is 2.57. The number of nitrogens with zero attached hydrogens (tertiary/aromatic N) is 1. The molecule has 0 fully saturated rings. The molecule has 0 saturated carbocycles. The summed E-state index contributed by atoms with van der Waals surface area (Å²) in [6, 6.07) is 6.81. The highest BCUT2D eigenvalue weighted by atomic mass is 35.5. The van der Waals surface area contributed by atoms with Gasteiger partial charge in [0.05, 0.1) is 17.0 Å². The van der Waals surface area contributed by atoms with Gasteiger partial charge in [0, 0.05) is 6.54 Å². The molecule has 15 heavy (non-hydrogen) atoms. The normalized spacial score (nSPS) is 11.1. The fourth-order valence-corrected chi connectivity index (χ4v) is 1.77. The van der Waals surface area contributed by atoms with Gasteiger partial charge in [0.25, 0.3) is 0 Å². The Bertz CT molecular complexity index is 450. The topological polar surface area (TPSA) is 40.7 Å². The van der Waals surface area contributed by atoms with E-state index in [-0.39, 0.29) is 0 Å². The number of fused-ring (bicyclic) bond motifs is 1. The molecule has 0 aliphatic carbocycles. The zero-order valence-corrected chi connectivity index (χ0v) is 9.43. The monoisotopic (exact) mass is 223 g/mol. The van der Waals surface area contributed by atoms with Crippen LogP contribution in [0, 0.1) is 6.92 Å². The van der Waals surface area contributed by atoms with Crippen LogP contribution >= 0.6 is 11.6 Å². The smallest absolute Gasteiger partial charge is 0.104 e. The lowest BCUT2D eigenvalue weighted by atomic mass is 10.1. The zero-order valence-electron chi connectivity index (χ0n) is 8.68. The number of imidazole rings is 1. The van der Waals surface area contributed by atoms with Crippen LogP contribution in [0.25, 0.3) is 11.0 Å². The Morgan fingerprint density at radius 2 is 2.33 bits per heavy atom. The quantitative estimate of drug-likeness (QED) is 0.474. The summed E-state index contributed by atoms with van der Waals surface area (Å²) < 4.78 is 0. The number of aromatic nitrogens is 2.